The number of rotatable bonds is 4. The number of benzene rings is 1. The van der Waals surface area contributed by atoms with E-state index in [1.165, 1.54) is 12.1 Å². The number of hydrogen-bond donors (Lipinski definition) is 1. The van der Waals surface area contributed by atoms with Crippen LogP contribution >= 0.6 is 15.9 Å². The summed E-state index contributed by atoms with van der Waals surface area (Å²) in [7, 11) is 0. The van der Waals surface area contributed by atoms with Gasteiger partial charge in [0.15, 0.2) is 0 Å². The molecular weight excluding hydrogens is 373 g/mol. The third-order valence-electron chi connectivity index (χ3n) is 4.48. The molecule has 0 radical (unpaired) electrons. The Kier molecular flexibility index (Phi) is 3.64. The van der Waals surface area contributed by atoms with E-state index in [0.29, 0.717) is 6.54 Å². The molecule has 1 aliphatic rings. The average Bonchev–Trinajstić information content (AvgIpc) is 3.28. The topological polar surface area (TPSA) is 46.4 Å². The number of carbonyl (C=O) groups is 1. The molecule has 0 atom stereocenters. The molecular formula is C18H15BrFN3O. The summed E-state index contributed by atoms with van der Waals surface area (Å²) in [5.41, 5.74) is 2.01. The first-order valence-corrected chi connectivity index (χ1v) is 8.54. The first-order valence-electron chi connectivity index (χ1n) is 7.74. The lowest BCUT2D eigenvalue weighted by Gasteiger charge is -2.15. The fourth-order valence-electron chi connectivity index (χ4n) is 2.98. The number of carbonyl (C=O) groups excluding carboxylic acids is 1. The van der Waals surface area contributed by atoms with E-state index < -0.39 is 5.41 Å². The van der Waals surface area contributed by atoms with Gasteiger partial charge < -0.3 is 9.72 Å². The van der Waals surface area contributed by atoms with Gasteiger partial charge >= 0.3 is 0 Å². The van der Waals surface area contributed by atoms with Crippen LogP contribution in [0.15, 0.2) is 53.3 Å². The number of halogens is 2. The van der Waals surface area contributed by atoms with Crippen molar-refractivity contribution in [3.05, 3.63) is 70.3 Å². The van der Waals surface area contributed by atoms with E-state index in [-0.39, 0.29) is 11.7 Å². The van der Waals surface area contributed by atoms with Crippen LogP contribution < -0.4 is 5.32 Å². The van der Waals surface area contributed by atoms with Crippen molar-refractivity contribution in [3.63, 3.8) is 0 Å². The van der Waals surface area contributed by atoms with Crippen LogP contribution in [0.3, 0.4) is 0 Å². The normalized spacial score (nSPS) is 15.4. The number of pyridine rings is 1. The van der Waals surface area contributed by atoms with Crippen molar-refractivity contribution in [2.75, 3.05) is 0 Å². The summed E-state index contributed by atoms with van der Waals surface area (Å²) in [5, 5.41) is 2.97. The maximum absolute atomic E-state index is 13.1. The Morgan fingerprint density at radius 3 is 2.67 bits per heavy atom. The van der Waals surface area contributed by atoms with Crippen LogP contribution in [0.5, 0.6) is 0 Å². The monoisotopic (exact) mass is 387 g/mol. The molecule has 0 aliphatic heterocycles. The third kappa shape index (κ3) is 2.71. The quantitative estimate of drug-likeness (QED) is 0.743. The molecule has 1 amide bonds. The molecule has 24 heavy (non-hydrogen) atoms. The standard InChI is InChI=1S/C18H15BrFN3O/c19-13-3-6-16-22-15(11-23(16)10-13)9-21-17(24)18(7-8-18)12-1-4-14(20)5-2-12/h1-6,10-11H,7-9H2,(H,21,24). The minimum atomic E-state index is -0.504. The second-order valence-corrected chi connectivity index (χ2v) is 7.03. The summed E-state index contributed by atoms with van der Waals surface area (Å²) in [5.74, 6) is -0.307. The molecule has 3 aromatic rings. The van der Waals surface area contributed by atoms with Crippen molar-refractivity contribution < 1.29 is 9.18 Å². The zero-order chi connectivity index (χ0) is 16.7. The number of fused-ring (bicyclic) bond motifs is 1. The highest BCUT2D eigenvalue weighted by Gasteiger charge is 2.51. The first-order chi connectivity index (χ1) is 11.6. The Morgan fingerprint density at radius 1 is 1.21 bits per heavy atom. The third-order valence-corrected chi connectivity index (χ3v) is 4.95. The number of imidazole rings is 1. The van der Waals surface area contributed by atoms with E-state index in [0.717, 1.165) is 34.2 Å². The molecule has 0 saturated heterocycles. The summed E-state index contributed by atoms with van der Waals surface area (Å²) in [6.45, 7) is 0.376. The fourth-order valence-corrected chi connectivity index (χ4v) is 3.34. The molecule has 2 aromatic heterocycles. The largest absolute Gasteiger partial charge is 0.350 e. The second-order valence-electron chi connectivity index (χ2n) is 6.12. The molecule has 6 heteroatoms. The van der Waals surface area contributed by atoms with E-state index in [9.17, 15) is 9.18 Å². The highest BCUT2D eigenvalue weighted by Crippen LogP contribution is 2.48. The van der Waals surface area contributed by atoms with Crippen LogP contribution in [0.2, 0.25) is 0 Å². The van der Waals surface area contributed by atoms with Crippen molar-refractivity contribution in [3.8, 4) is 0 Å². The van der Waals surface area contributed by atoms with Crippen LogP contribution in [0.25, 0.3) is 5.65 Å². The van der Waals surface area contributed by atoms with Gasteiger partial charge in [-0.3, -0.25) is 4.79 Å². The highest BCUT2D eigenvalue weighted by atomic mass is 79.9. The minimum absolute atomic E-state index is 0.0210. The van der Waals surface area contributed by atoms with Gasteiger partial charge in [-0.05, 0) is 58.6 Å². The van der Waals surface area contributed by atoms with Gasteiger partial charge in [-0.25, -0.2) is 9.37 Å². The average molecular weight is 388 g/mol. The molecule has 4 rings (SSSR count). The summed E-state index contributed by atoms with van der Waals surface area (Å²) in [6, 6.07) is 10.1. The van der Waals surface area contributed by atoms with Gasteiger partial charge in [0, 0.05) is 16.9 Å². The van der Waals surface area contributed by atoms with Gasteiger partial charge in [0.25, 0.3) is 0 Å². The van der Waals surface area contributed by atoms with Crippen molar-refractivity contribution in [2.24, 2.45) is 0 Å². The maximum atomic E-state index is 13.1. The van der Waals surface area contributed by atoms with E-state index in [1.807, 2.05) is 28.9 Å². The highest BCUT2D eigenvalue weighted by molar-refractivity contribution is 9.10. The van der Waals surface area contributed by atoms with E-state index in [1.54, 1.807) is 12.1 Å². The maximum Gasteiger partial charge on any atom is 0.230 e. The van der Waals surface area contributed by atoms with Crippen LogP contribution in [0.4, 0.5) is 4.39 Å². The molecule has 0 bridgehead atoms. The molecule has 2 heterocycles. The van der Waals surface area contributed by atoms with Gasteiger partial charge in [0.05, 0.1) is 17.7 Å². The zero-order valence-corrected chi connectivity index (χ0v) is 14.4. The number of nitrogens with zero attached hydrogens (tertiary/aromatic N) is 2. The Morgan fingerprint density at radius 2 is 1.96 bits per heavy atom. The molecule has 1 fully saturated rings. The van der Waals surface area contributed by atoms with Crippen molar-refractivity contribution in [2.45, 2.75) is 24.8 Å². The van der Waals surface area contributed by atoms with Crippen LogP contribution in [0, 0.1) is 5.82 Å². The molecule has 1 aromatic carbocycles. The summed E-state index contributed by atoms with van der Waals surface area (Å²) >= 11 is 3.42. The minimum Gasteiger partial charge on any atom is -0.350 e. The Labute approximate surface area is 146 Å². The molecule has 1 N–H and O–H groups in total. The van der Waals surface area contributed by atoms with Crippen molar-refractivity contribution >= 4 is 27.5 Å². The van der Waals surface area contributed by atoms with Crippen LogP contribution in [0.1, 0.15) is 24.1 Å². The predicted octanol–water partition coefficient (Wildman–Crippen LogP) is 3.58. The van der Waals surface area contributed by atoms with Gasteiger partial charge in [0.2, 0.25) is 5.91 Å². The number of nitrogens with one attached hydrogen (secondary N) is 1. The molecule has 122 valence electrons. The van der Waals surface area contributed by atoms with Gasteiger partial charge in [-0.2, -0.15) is 0 Å². The van der Waals surface area contributed by atoms with Gasteiger partial charge in [-0.15, -0.1) is 0 Å². The predicted molar refractivity (Wildman–Crippen MR) is 92.1 cm³/mol. The summed E-state index contributed by atoms with van der Waals surface area (Å²) < 4.78 is 16.0. The Hall–Kier alpha value is -2.21. The summed E-state index contributed by atoms with van der Waals surface area (Å²) in [6.07, 6.45) is 5.41. The lowest BCUT2D eigenvalue weighted by atomic mass is 9.95. The van der Waals surface area contributed by atoms with E-state index in [2.05, 4.69) is 26.2 Å². The molecule has 0 unspecified atom stereocenters. The second kappa shape index (κ2) is 5.70. The molecule has 1 aliphatic carbocycles. The van der Waals surface area contributed by atoms with Crippen LogP contribution in [-0.2, 0) is 16.8 Å². The SMILES string of the molecule is O=C(NCc1cn2cc(Br)ccc2n1)C1(c2ccc(F)cc2)CC1. The summed E-state index contributed by atoms with van der Waals surface area (Å²) in [4.78, 5) is 17.1. The van der Waals surface area contributed by atoms with Gasteiger partial charge in [-0.1, -0.05) is 12.1 Å². The molecule has 0 spiro atoms. The van der Waals surface area contributed by atoms with Crippen LogP contribution in [-0.4, -0.2) is 15.3 Å². The lowest BCUT2D eigenvalue weighted by molar-refractivity contribution is -0.123. The molecule has 1 saturated carbocycles. The smallest absolute Gasteiger partial charge is 0.230 e. The Bertz CT molecular complexity index is 916. The Balaban J connectivity index is 1.48. The van der Waals surface area contributed by atoms with E-state index >= 15 is 0 Å². The van der Waals surface area contributed by atoms with E-state index in [4.69, 9.17) is 0 Å². The van der Waals surface area contributed by atoms with Crippen molar-refractivity contribution in [1.29, 1.82) is 0 Å². The number of aromatic nitrogens is 2. The first kappa shape index (κ1) is 15.3. The fraction of sp³-hybridized carbons (Fsp3) is 0.222. The number of hydrogen-bond acceptors (Lipinski definition) is 2. The zero-order valence-electron chi connectivity index (χ0n) is 12.8. The lowest BCUT2D eigenvalue weighted by Crippen LogP contribution is -2.34. The number of amides is 1. The molecule has 4 nitrogen and oxygen atoms in total. The van der Waals surface area contributed by atoms with Gasteiger partial charge in [0.1, 0.15) is 11.5 Å². The van der Waals surface area contributed by atoms with Crippen molar-refractivity contribution in [1.82, 2.24) is 14.7 Å².